The predicted molar refractivity (Wildman–Crippen MR) is 161 cm³/mol. The second-order valence-electron chi connectivity index (χ2n) is 9.23. The van der Waals surface area contributed by atoms with Gasteiger partial charge in [-0.1, -0.05) is 74.5 Å². The van der Waals surface area contributed by atoms with Gasteiger partial charge in [-0.25, -0.2) is 19.4 Å². The minimum atomic E-state index is -0.738. The van der Waals surface area contributed by atoms with Crippen LogP contribution in [0.2, 0.25) is 0 Å². The van der Waals surface area contributed by atoms with Crippen LogP contribution >= 0.6 is 0 Å². The summed E-state index contributed by atoms with van der Waals surface area (Å²) >= 11 is 0. The molecule has 0 radical (unpaired) electrons. The minimum absolute atomic E-state index is 0.309. The first kappa shape index (κ1) is 28.4. The lowest BCUT2D eigenvalue weighted by molar-refractivity contribution is -0.187. The molecule has 0 aliphatic heterocycles. The highest BCUT2D eigenvalue weighted by molar-refractivity contribution is 5.99. The Kier molecular flexibility index (Phi) is 9.57. The summed E-state index contributed by atoms with van der Waals surface area (Å²) in [6.07, 6.45) is 1.71. The van der Waals surface area contributed by atoms with Crippen LogP contribution in [0.5, 0.6) is 0 Å². The molecule has 0 aromatic heterocycles. The summed E-state index contributed by atoms with van der Waals surface area (Å²) < 4.78 is 0. The molecule has 0 heterocycles. The number of hydrogen-bond acceptors (Lipinski definition) is 6. The fraction of sp³-hybridized carbons (Fsp3) is 0.235. The fourth-order valence-corrected chi connectivity index (χ4v) is 5.02. The third-order valence-corrected chi connectivity index (χ3v) is 6.98. The monoisotopic (exact) mass is 536 g/mol. The average molecular weight is 537 g/mol. The van der Waals surface area contributed by atoms with E-state index >= 15 is 0 Å². The van der Waals surface area contributed by atoms with Gasteiger partial charge in [-0.15, -0.1) is 0 Å². The van der Waals surface area contributed by atoms with E-state index in [1.165, 1.54) is 11.1 Å². The molecule has 0 N–H and O–H groups in total. The summed E-state index contributed by atoms with van der Waals surface area (Å²) in [6.45, 7) is 9.54. The van der Waals surface area contributed by atoms with Gasteiger partial charge < -0.3 is 9.80 Å². The molecule has 0 saturated carbocycles. The van der Waals surface area contributed by atoms with Crippen molar-refractivity contribution in [3.63, 3.8) is 0 Å². The number of anilines is 4. The van der Waals surface area contributed by atoms with Gasteiger partial charge in [0.15, 0.2) is 0 Å². The van der Waals surface area contributed by atoms with Crippen molar-refractivity contribution in [1.82, 2.24) is 0 Å². The van der Waals surface area contributed by atoms with Gasteiger partial charge in [0.25, 0.3) is 0 Å². The van der Waals surface area contributed by atoms with Gasteiger partial charge in [-0.05, 0) is 74.2 Å². The van der Waals surface area contributed by atoms with Gasteiger partial charge in [0, 0.05) is 24.5 Å². The van der Waals surface area contributed by atoms with Crippen LogP contribution in [0.4, 0.5) is 22.7 Å². The Morgan fingerprint density at radius 2 is 0.825 bits per heavy atom. The Labute approximate surface area is 236 Å². The lowest BCUT2D eigenvalue weighted by atomic mass is 10.1. The molecule has 0 amide bonds. The molecular weight excluding hydrogens is 500 g/mol. The summed E-state index contributed by atoms with van der Waals surface area (Å²) in [5.74, 6) is -1.48. The van der Waals surface area contributed by atoms with E-state index in [1.54, 1.807) is 24.3 Å². The molecule has 0 spiro atoms. The molecule has 0 unspecified atom stereocenters. The van der Waals surface area contributed by atoms with E-state index in [0.717, 1.165) is 24.2 Å². The topological polar surface area (TPSA) is 59.1 Å². The largest absolute Gasteiger partial charge is 0.388 e. The average Bonchev–Trinajstić information content (AvgIpc) is 3.01. The molecular formula is C34H36N2O4. The highest BCUT2D eigenvalue weighted by atomic mass is 17.2. The first-order valence-electron chi connectivity index (χ1n) is 13.9. The number of carbonyl (C=O) groups is 2. The van der Waals surface area contributed by atoms with Gasteiger partial charge in [0.2, 0.25) is 0 Å². The van der Waals surface area contributed by atoms with Crippen LogP contribution in [0, 0.1) is 0 Å². The van der Waals surface area contributed by atoms with Crippen molar-refractivity contribution in [2.24, 2.45) is 0 Å². The predicted octanol–water partition coefficient (Wildman–Crippen LogP) is 8.06. The molecule has 40 heavy (non-hydrogen) atoms. The van der Waals surface area contributed by atoms with E-state index in [1.807, 2.05) is 74.5 Å². The molecule has 6 heteroatoms. The van der Waals surface area contributed by atoms with Gasteiger partial charge in [0.1, 0.15) is 0 Å². The molecule has 4 aromatic rings. The van der Waals surface area contributed by atoms with Crippen molar-refractivity contribution in [2.75, 3.05) is 22.9 Å². The molecule has 0 saturated heterocycles. The smallest absolute Gasteiger partial charge is 0.341 e. The van der Waals surface area contributed by atoms with E-state index in [-0.39, 0.29) is 0 Å². The second kappa shape index (κ2) is 13.5. The van der Waals surface area contributed by atoms with E-state index in [0.29, 0.717) is 35.6 Å². The Morgan fingerprint density at radius 3 is 1.18 bits per heavy atom. The van der Waals surface area contributed by atoms with E-state index in [4.69, 9.17) is 9.78 Å². The molecule has 0 atom stereocenters. The maximum Gasteiger partial charge on any atom is 0.388 e. The SMILES string of the molecule is CCc1ccccc1N(CC)c1ccccc1C(=O)OOC(=O)c1ccccc1N(CC)c1ccccc1CC. The molecule has 4 aromatic carbocycles. The van der Waals surface area contributed by atoms with Crippen molar-refractivity contribution in [3.05, 3.63) is 119 Å². The van der Waals surface area contributed by atoms with Crippen LogP contribution in [-0.4, -0.2) is 25.0 Å². The highest BCUT2D eigenvalue weighted by Gasteiger charge is 2.24. The van der Waals surface area contributed by atoms with Crippen molar-refractivity contribution in [3.8, 4) is 0 Å². The van der Waals surface area contributed by atoms with Crippen molar-refractivity contribution in [1.29, 1.82) is 0 Å². The Hall–Kier alpha value is -4.58. The lowest BCUT2D eigenvalue weighted by Crippen LogP contribution is -2.23. The number of benzene rings is 4. The Morgan fingerprint density at radius 1 is 0.500 bits per heavy atom. The fourth-order valence-electron chi connectivity index (χ4n) is 5.02. The molecule has 0 fully saturated rings. The van der Waals surface area contributed by atoms with Crippen LogP contribution < -0.4 is 9.80 Å². The maximum absolute atomic E-state index is 13.3. The summed E-state index contributed by atoms with van der Waals surface area (Å²) in [7, 11) is 0. The number of hydrogen-bond donors (Lipinski definition) is 0. The third kappa shape index (κ3) is 6.01. The molecule has 4 rings (SSSR count). The van der Waals surface area contributed by atoms with Gasteiger partial charge in [-0.3, -0.25) is 0 Å². The van der Waals surface area contributed by atoms with E-state index < -0.39 is 11.9 Å². The maximum atomic E-state index is 13.3. The summed E-state index contributed by atoms with van der Waals surface area (Å²) in [5.41, 5.74) is 6.35. The van der Waals surface area contributed by atoms with Crippen molar-refractivity contribution in [2.45, 2.75) is 40.5 Å². The van der Waals surface area contributed by atoms with Crippen LogP contribution in [0.1, 0.15) is 59.5 Å². The number of carbonyl (C=O) groups excluding carboxylic acids is 2. The lowest BCUT2D eigenvalue weighted by Gasteiger charge is -2.27. The van der Waals surface area contributed by atoms with E-state index in [2.05, 4.69) is 35.8 Å². The number of para-hydroxylation sites is 4. The van der Waals surface area contributed by atoms with E-state index in [9.17, 15) is 9.59 Å². The van der Waals surface area contributed by atoms with Crippen LogP contribution in [0.3, 0.4) is 0 Å². The number of nitrogens with zero attached hydrogens (tertiary/aromatic N) is 2. The zero-order valence-electron chi connectivity index (χ0n) is 23.6. The molecule has 6 nitrogen and oxygen atoms in total. The van der Waals surface area contributed by atoms with Crippen molar-refractivity contribution >= 4 is 34.7 Å². The first-order valence-corrected chi connectivity index (χ1v) is 13.9. The van der Waals surface area contributed by atoms with Gasteiger partial charge in [0.05, 0.1) is 22.5 Å². The standard InChI is InChI=1S/C34H36N2O4/c1-5-25-17-9-13-21-29(25)35(7-3)31-23-15-11-19-27(31)33(37)39-40-34(38)28-20-12-16-24-32(28)36(8-4)30-22-14-10-18-26(30)6-2/h9-24H,5-8H2,1-4H3. The zero-order valence-corrected chi connectivity index (χ0v) is 23.6. The zero-order chi connectivity index (χ0) is 28.5. The molecule has 0 aliphatic rings. The van der Waals surface area contributed by atoms with Crippen LogP contribution in [-0.2, 0) is 22.6 Å². The molecule has 0 bridgehead atoms. The minimum Gasteiger partial charge on any atom is -0.341 e. The molecule has 206 valence electrons. The normalized spacial score (nSPS) is 10.6. The number of rotatable bonds is 10. The van der Waals surface area contributed by atoms with Gasteiger partial charge in [-0.2, -0.15) is 0 Å². The number of aryl methyl sites for hydroxylation is 2. The quantitative estimate of drug-likeness (QED) is 0.151. The first-order chi connectivity index (χ1) is 19.5. The van der Waals surface area contributed by atoms with Crippen LogP contribution in [0.15, 0.2) is 97.1 Å². The van der Waals surface area contributed by atoms with Crippen molar-refractivity contribution < 1.29 is 19.4 Å². The third-order valence-electron chi connectivity index (χ3n) is 6.98. The highest BCUT2D eigenvalue weighted by Crippen LogP contribution is 2.33. The van der Waals surface area contributed by atoms with Crippen LogP contribution in [0.25, 0.3) is 0 Å². The van der Waals surface area contributed by atoms with Gasteiger partial charge >= 0.3 is 11.9 Å². The second-order valence-corrected chi connectivity index (χ2v) is 9.23. The summed E-state index contributed by atoms with van der Waals surface area (Å²) in [5, 5.41) is 0. The summed E-state index contributed by atoms with van der Waals surface area (Å²) in [6, 6.07) is 30.6. The molecule has 0 aliphatic carbocycles. The Bertz CT molecular complexity index is 1350. The summed E-state index contributed by atoms with van der Waals surface area (Å²) in [4.78, 5) is 40.9. The Balaban J connectivity index is 1.58.